The maximum atomic E-state index is 12.8. The van der Waals surface area contributed by atoms with E-state index in [1.165, 1.54) is 6.42 Å². The number of piperidine rings is 1. The number of ketones is 2. The standard InChI is InChI=1S/C25H22N2O3/c28-23(26-12-6-1-7-13-26)16-27-15-17(18-8-4-5-11-22(18)27)14-21-24(29)19-9-2-3-10-20(19)25(21)30/h2-5,8-11,14-15H,1,6-7,12-13,16H2. The number of benzene rings is 2. The molecule has 1 aromatic heterocycles. The van der Waals surface area contributed by atoms with Gasteiger partial charge in [-0.05, 0) is 31.4 Å². The second-order valence-corrected chi connectivity index (χ2v) is 7.93. The van der Waals surface area contributed by atoms with E-state index in [0.717, 1.165) is 42.4 Å². The number of para-hydroxylation sites is 1. The van der Waals surface area contributed by atoms with E-state index in [4.69, 9.17) is 0 Å². The smallest absolute Gasteiger partial charge is 0.242 e. The molecule has 5 heteroatoms. The first kappa shape index (κ1) is 18.6. The van der Waals surface area contributed by atoms with Gasteiger partial charge in [0.25, 0.3) is 0 Å². The number of carbonyl (C=O) groups is 3. The number of fused-ring (bicyclic) bond motifs is 2. The van der Waals surface area contributed by atoms with Gasteiger partial charge in [-0.2, -0.15) is 0 Å². The molecule has 0 bridgehead atoms. The van der Waals surface area contributed by atoms with Crippen LogP contribution >= 0.6 is 0 Å². The fraction of sp³-hybridized carbons (Fsp3) is 0.240. The van der Waals surface area contributed by atoms with Crippen molar-refractivity contribution in [2.24, 2.45) is 0 Å². The molecule has 0 atom stereocenters. The first-order valence-corrected chi connectivity index (χ1v) is 10.4. The molecule has 30 heavy (non-hydrogen) atoms. The van der Waals surface area contributed by atoms with Crippen LogP contribution in [0.5, 0.6) is 0 Å². The van der Waals surface area contributed by atoms with Crippen molar-refractivity contribution in [3.63, 3.8) is 0 Å². The number of hydrogen-bond donors (Lipinski definition) is 0. The molecule has 2 heterocycles. The SMILES string of the molecule is O=C1C(=Cc2cn(CC(=O)N3CCCCC3)c3ccccc23)C(=O)c2ccccc21. The summed E-state index contributed by atoms with van der Waals surface area (Å²) in [6, 6.07) is 14.7. The van der Waals surface area contributed by atoms with Crippen molar-refractivity contribution in [3.8, 4) is 0 Å². The van der Waals surface area contributed by atoms with Gasteiger partial charge in [-0.3, -0.25) is 14.4 Å². The summed E-state index contributed by atoms with van der Waals surface area (Å²) in [5.41, 5.74) is 2.80. The van der Waals surface area contributed by atoms with Crippen molar-refractivity contribution < 1.29 is 14.4 Å². The maximum absolute atomic E-state index is 12.8. The van der Waals surface area contributed by atoms with Gasteiger partial charge in [0.1, 0.15) is 6.54 Å². The molecule has 0 saturated carbocycles. The van der Waals surface area contributed by atoms with Crippen LogP contribution in [0.2, 0.25) is 0 Å². The molecular formula is C25H22N2O3. The Hall–Kier alpha value is -3.47. The van der Waals surface area contributed by atoms with E-state index in [0.29, 0.717) is 11.1 Å². The molecular weight excluding hydrogens is 376 g/mol. The Bertz CT molecular complexity index is 1180. The molecule has 0 N–H and O–H groups in total. The van der Waals surface area contributed by atoms with Crippen molar-refractivity contribution in [1.82, 2.24) is 9.47 Å². The van der Waals surface area contributed by atoms with Gasteiger partial charge >= 0.3 is 0 Å². The molecule has 1 saturated heterocycles. The summed E-state index contributed by atoms with van der Waals surface area (Å²) in [4.78, 5) is 40.3. The third kappa shape index (κ3) is 3.07. The highest BCUT2D eigenvalue weighted by Gasteiger charge is 2.32. The van der Waals surface area contributed by atoms with Crippen LogP contribution in [0.1, 0.15) is 45.5 Å². The van der Waals surface area contributed by atoms with Crippen LogP contribution in [0.4, 0.5) is 0 Å². The number of Topliss-reactive ketones (excluding diaryl/α,β-unsaturated/α-hetero) is 2. The van der Waals surface area contributed by atoms with Crippen LogP contribution in [-0.4, -0.2) is 40.0 Å². The minimum absolute atomic E-state index is 0.107. The predicted octanol–water partition coefficient (Wildman–Crippen LogP) is 4.12. The van der Waals surface area contributed by atoms with Crippen LogP contribution in [0.15, 0.2) is 60.3 Å². The van der Waals surface area contributed by atoms with E-state index in [2.05, 4.69) is 0 Å². The Kier molecular flexibility index (Phi) is 4.58. The fourth-order valence-corrected chi connectivity index (χ4v) is 4.47. The second kappa shape index (κ2) is 7.41. The van der Waals surface area contributed by atoms with Gasteiger partial charge in [0.15, 0.2) is 11.6 Å². The summed E-state index contributed by atoms with van der Waals surface area (Å²) in [5, 5.41) is 0.924. The van der Waals surface area contributed by atoms with Crippen molar-refractivity contribution in [2.45, 2.75) is 25.8 Å². The zero-order chi connectivity index (χ0) is 20.7. The van der Waals surface area contributed by atoms with Gasteiger partial charge in [-0.25, -0.2) is 0 Å². The quantitative estimate of drug-likeness (QED) is 0.493. The molecule has 1 amide bonds. The van der Waals surface area contributed by atoms with Gasteiger partial charge in [0.2, 0.25) is 5.91 Å². The monoisotopic (exact) mass is 398 g/mol. The molecule has 150 valence electrons. The van der Waals surface area contributed by atoms with Crippen LogP contribution in [-0.2, 0) is 11.3 Å². The predicted molar refractivity (Wildman–Crippen MR) is 115 cm³/mol. The topological polar surface area (TPSA) is 59.4 Å². The van der Waals surface area contributed by atoms with Crippen LogP contribution in [0, 0.1) is 0 Å². The Labute approximate surface area is 174 Å². The molecule has 0 spiro atoms. The maximum Gasteiger partial charge on any atom is 0.242 e. The summed E-state index contributed by atoms with van der Waals surface area (Å²) in [7, 11) is 0. The first-order valence-electron chi connectivity index (χ1n) is 10.4. The summed E-state index contributed by atoms with van der Waals surface area (Å²) >= 11 is 0. The van der Waals surface area contributed by atoms with E-state index in [-0.39, 0.29) is 29.6 Å². The average Bonchev–Trinajstić information content (AvgIpc) is 3.25. The first-order chi connectivity index (χ1) is 14.6. The van der Waals surface area contributed by atoms with Gasteiger partial charge in [-0.15, -0.1) is 0 Å². The summed E-state index contributed by atoms with van der Waals surface area (Å²) < 4.78 is 1.93. The minimum atomic E-state index is -0.239. The number of nitrogens with zero attached hydrogens (tertiary/aromatic N) is 2. The Balaban J connectivity index is 1.52. The number of carbonyl (C=O) groups excluding carboxylic acids is 3. The molecule has 5 nitrogen and oxygen atoms in total. The van der Waals surface area contributed by atoms with E-state index in [9.17, 15) is 14.4 Å². The molecule has 1 aliphatic heterocycles. The molecule has 1 fully saturated rings. The number of likely N-dealkylation sites (tertiary alicyclic amines) is 1. The highest BCUT2D eigenvalue weighted by molar-refractivity contribution is 6.41. The van der Waals surface area contributed by atoms with E-state index < -0.39 is 0 Å². The Morgan fingerprint density at radius 1 is 0.867 bits per heavy atom. The molecule has 1 aliphatic carbocycles. The zero-order valence-corrected chi connectivity index (χ0v) is 16.6. The summed E-state index contributed by atoms with van der Waals surface area (Å²) in [6.07, 6.45) is 6.84. The number of amides is 1. The second-order valence-electron chi connectivity index (χ2n) is 7.93. The largest absolute Gasteiger partial charge is 0.341 e. The van der Waals surface area contributed by atoms with E-state index >= 15 is 0 Å². The van der Waals surface area contributed by atoms with Gasteiger partial charge in [-0.1, -0.05) is 42.5 Å². The molecule has 2 aliphatic rings. The van der Waals surface area contributed by atoms with Crippen molar-refractivity contribution >= 4 is 34.5 Å². The van der Waals surface area contributed by atoms with Gasteiger partial charge < -0.3 is 9.47 Å². The highest BCUT2D eigenvalue weighted by Crippen LogP contribution is 2.30. The lowest BCUT2D eigenvalue weighted by molar-refractivity contribution is -0.132. The number of allylic oxidation sites excluding steroid dienone is 1. The van der Waals surface area contributed by atoms with E-state index in [1.54, 1.807) is 30.3 Å². The molecule has 2 aromatic carbocycles. The van der Waals surface area contributed by atoms with Crippen molar-refractivity contribution in [1.29, 1.82) is 0 Å². The van der Waals surface area contributed by atoms with Crippen molar-refractivity contribution in [2.75, 3.05) is 13.1 Å². The lowest BCUT2D eigenvalue weighted by atomic mass is 10.1. The number of aromatic nitrogens is 1. The van der Waals surface area contributed by atoms with Gasteiger partial charge in [0, 0.05) is 46.9 Å². The third-order valence-corrected chi connectivity index (χ3v) is 6.04. The van der Waals surface area contributed by atoms with E-state index in [1.807, 2.05) is 39.9 Å². The summed E-state index contributed by atoms with van der Waals surface area (Å²) in [5.74, 6) is -0.372. The normalized spacial score (nSPS) is 16.3. The van der Waals surface area contributed by atoms with Crippen LogP contribution in [0.3, 0.4) is 0 Å². The Morgan fingerprint density at radius 2 is 1.50 bits per heavy atom. The summed E-state index contributed by atoms with van der Waals surface area (Å²) in [6.45, 7) is 1.89. The zero-order valence-electron chi connectivity index (χ0n) is 16.6. The number of hydrogen-bond acceptors (Lipinski definition) is 3. The number of rotatable bonds is 3. The van der Waals surface area contributed by atoms with Crippen LogP contribution < -0.4 is 0 Å². The molecule has 3 aromatic rings. The minimum Gasteiger partial charge on any atom is -0.341 e. The van der Waals surface area contributed by atoms with Crippen LogP contribution in [0.25, 0.3) is 17.0 Å². The molecule has 0 unspecified atom stereocenters. The molecule has 5 rings (SSSR count). The third-order valence-electron chi connectivity index (χ3n) is 6.04. The Morgan fingerprint density at radius 3 is 2.20 bits per heavy atom. The lowest BCUT2D eigenvalue weighted by Gasteiger charge is -2.27. The molecule has 0 radical (unpaired) electrons. The fourth-order valence-electron chi connectivity index (χ4n) is 4.47. The van der Waals surface area contributed by atoms with Gasteiger partial charge in [0.05, 0.1) is 5.57 Å². The lowest BCUT2D eigenvalue weighted by Crippen LogP contribution is -2.37. The average molecular weight is 398 g/mol. The van der Waals surface area contributed by atoms with Crippen molar-refractivity contribution in [3.05, 3.63) is 77.0 Å². The highest BCUT2D eigenvalue weighted by atomic mass is 16.2.